The van der Waals surface area contributed by atoms with Gasteiger partial charge in [-0.3, -0.25) is 4.79 Å². The van der Waals surface area contributed by atoms with E-state index in [1.54, 1.807) is 17.4 Å². The smallest absolute Gasteiger partial charge is 0.251 e. The first-order chi connectivity index (χ1) is 12.4. The summed E-state index contributed by atoms with van der Waals surface area (Å²) in [7, 11) is 0. The number of rotatable bonds is 3. The van der Waals surface area contributed by atoms with E-state index in [0.29, 0.717) is 5.56 Å². The first-order valence-electron chi connectivity index (χ1n) is 8.00. The molecule has 4 nitrogen and oxygen atoms in total. The number of benzene rings is 2. The van der Waals surface area contributed by atoms with Gasteiger partial charge in [0.15, 0.2) is 5.58 Å². The summed E-state index contributed by atoms with van der Waals surface area (Å²) in [4.78, 5) is 13.1. The molecule has 2 heterocycles. The van der Waals surface area contributed by atoms with Gasteiger partial charge in [-0.05, 0) is 66.9 Å². The summed E-state index contributed by atoms with van der Waals surface area (Å²) in [6.07, 6.45) is 0. The number of aryl methyl sites for hydroxylation is 2. The van der Waals surface area contributed by atoms with Crippen LogP contribution in [0.1, 0.15) is 21.6 Å². The average molecular weight is 366 g/mol. The molecule has 0 aliphatic rings. The highest BCUT2D eigenvalue weighted by molar-refractivity contribution is 7.18. The van der Waals surface area contributed by atoms with Crippen molar-refractivity contribution in [3.8, 4) is 20.9 Å². The molecule has 0 saturated heterocycles. The Bertz CT molecular complexity index is 1160. The third-order valence-electron chi connectivity index (χ3n) is 4.39. The Hall–Kier alpha value is -2.99. The Labute approximate surface area is 153 Å². The van der Waals surface area contributed by atoms with Crippen molar-refractivity contribution in [3.63, 3.8) is 0 Å². The van der Waals surface area contributed by atoms with E-state index in [1.807, 2.05) is 32.0 Å². The number of hydrogen-bond acceptors (Lipinski definition) is 4. The molecule has 4 rings (SSSR count). The minimum Gasteiger partial charge on any atom is -0.366 e. The average Bonchev–Trinajstić information content (AvgIpc) is 3.21. The Morgan fingerprint density at radius 1 is 1.12 bits per heavy atom. The molecule has 6 heteroatoms. The third-order valence-corrected chi connectivity index (χ3v) is 5.56. The zero-order valence-electron chi connectivity index (χ0n) is 14.2. The number of amides is 1. The van der Waals surface area contributed by atoms with Gasteiger partial charge in [0.2, 0.25) is 0 Å². The molecule has 0 saturated carbocycles. The number of carbonyl (C=O) groups excluding carboxylic acids is 1. The Morgan fingerprint density at radius 3 is 2.62 bits per heavy atom. The monoisotopic (exact) mass is 366 g/mol. The molecule has 2 aromatic heterocycles. The predicted octanol–water partition coefficient (Wildman–Crippen LogP) is 5.08. The highest BCUT2D eigenvalue weighted by atomic mass is 32.1. The van der Waals surface area contributed by atoms with E-state index < -0.39 is 11.7 Å². The first kappa shape index (κ1) is 16.5. The summed E-state index contributed by atoms with van der Waals surface area (Å²) in [5.41, 5.74) is 9.54. The minimum absolute atomic E-state index is 0.104. The number of aromatic nitrogens is 1. The largest absolute Gasteiger partial charge is 0.366 e. The van der Waals surface area contributed by atoms with Crippen LogP contribution in [0.3, 0.4) is 0 Å². The van der Waals surface area contributed by atoms with Crippen LogP contribution in [0.25, 0.3) is 31.9 Å². The lowest BCUT2D eigenvalue weighted by Crippen LogP contribution is -2.12. The summed E-state index contributed by atoms with van der Waals surface area (Å²) >= 11 is 1.55. The van der Waals surface area contributed by atoms with Gasteiger partial charge in [0, 0.05) is 15.1 Å². The third kappa shape index (κ3) is 2.68. The molecule has 0 atom stereocenters. The van der Waals surface area contributed by atoms with E-state index in [0.717, 1.165) is 37.5 Å². The maximum atomic E-state index is 14.0. The molecule has 0 aliphatic heterocycles. The van der Waals surface area contributed by atoms with Gasteiger partial charge in [-0.15, -0.1) is 11.3 Å². The summed E-state index contributed by atoms with van der Waals surface area (Å²) in [5.74, 6) is -1.38. The van der Waals surface area contributed by atoms with E-state index in [-0.39, 0.29) is 5.56 Å². The van der Waals surface area contributed by atoms with Crippen LogP contribution >= 0.6 is 11.3 Å². The normalized spacial score (nSPS) is 11.2. The molecule has 0 aliphatic carbocycles. The molecule has 0 spiro atoms. The summed E-state index contributed by atoms with van der Waals surface area (Å²) < 4.78 is 19.4. The number of nitrogens with zero attached hydrogens (tertiary/aromatic N) is 1. The molecular formula is C20H15FN2O2S. The summed E-state index contributed by atoms with van der Waals surface area (Å²) in [6, 6.07) is 12.4. The Morgan fingerprint density at radius 2 is 1.88 bits per heavy atom. The number of nitrogens with two attached hydrogens (primary N) is 1. The first-order valence-corrected chi connectivity index (χ1v) is 8.82. The van der Waals surface area contributed by atoms with Crippen LogP contribution in [0, 0.1) is 19.7 Å². The zero-order chi connectivity index (χ0) is 18.4. The SMILES string of the molecule is Cc1cc2c(C)noc2cc1-c1ccc(-c2ccc(C(N)=O)c(F)c2)s1. The lowest BCUT2D eigenvalue weighted by molar-refractivity contribution is 0.0996. The maximum Gasteiger partial charge on any atom is 0.251 e. The van der Waals surface area contributed by atoms with Gasteiger partial charge in [-0.2, -0.15) is 0 Å². The quantitative estimate of drug-likeness (QED) is 0.550. The molecule has 0 fully saturated rings. The van der Waals surface area contributed by atoms with E-state index in [4.69, 9.17) is 10.3 Å². The van der Waals surface area contributed by atoms with Gasteiger partial charge in [-0.25, -0.2) is 4.39 Å². The van der Waals surface area contributed by atoms with Crippen molar-refractivity contribution in [2.75, 3.05) is 0 Å². The number of halogens is 1. The van der Waals surface area contributed by atoms with Crippen LogP contribution in [0.5, 0.6) is 0 Å². The van der Waals surface area contributed by atoms with E-state index >= 15 is 0 Å². The van der Waals surface area contributed by atoms with Crippen LogP contribution in [0.2, 0.25) is 0 Å². The van der Waals surface area contributed by atoms with E-state index in [1.165, 1.54) is 12.1 Å². The number of carbonyl (C=O) groups is 1. The second-order valence-electron chi connectivity index (χ2n) is 6.15. The summed E-state index contributed by atoms with van der Waals surface area (Å²) in [5, 5.41) is 5.01. The van der Waals surface area contributed by atoms with Crippen molar-refractivity contribution in [1.82, 2.24) is 5.16 Å². The molecule has 4 aromatic rings. The van der Waals surface area contributed by atoms with Crippen LogP contribution in [-0.2, 0) is 0 Å². The minimum atomic E-state index is -0.771. The van der Waals surface area contributed by atoms with Crippen LogP contribution < -0.4 is 5.73 Å². The number of fused-ring (bicyclic) bond motifs is 1. The van der Waals surface area contributed by atoms with Gasteiger partial charge >= 0.3 is 0 Å². The van der Waals surface area contributed by atoms with Gasteiger partial charge in [0.1, 0.15) is 5.82 Å². The van der Waals surface area contributed by atoms with Gasteiger partial charge in [0.05, 0.1) is 11.3 Å². The molecule has 2 aromatic carbocycles. The van der Waals surface area contributed by atoms with Crippen LogP contribution in [0.15, 0.2) is 47.0 Å². The fourth-order valence-corrected chi connectivity index (χ4v) is 4.07. The standard InChI is InChI=1S/C20H15FN2O2S/c1-10-7-15-11(2)23-25-17(15)9-14(10)19-6-5-18(26-19)12-3-4-13(20(22)24)16(21)8-12/h3-9H,1-2H3,(H2,22,24). The fourth-order valence-electron chi connectivity index (χ4n) is 2.98. The molecule has 0 radical (unpaired) electrons. The van der Waals surface area contributed by atoms with Crippen molar-refractivity contribution in [2.24, 2.45) is 5.73 Å². The topological polar surface area (TPSA) is 69.1 Å². The van der Waals surface area contributed by atoms with E-state index in [9.17, 15) is 9.18 Å². The van der Waals surface area contributed by atoms with Crippen molar-refractivity contribution in [3.05, 3.63) is 65.1 Å². The maximum absolute atomic E-state index is 14.0. The van der Waals surface area contributed by atoms with Crippen LogP contribution in [-0.4, -0.2) is 11.1 Å². The predicted molar refractivity (Wildman–Crippen MR) is 101 cm³/mol. The van der Waals surface area contributed by atoms with Gasteiger partial charge in [-0.1, -0.05) is 11.2 Å². The van der Waals surface area contributed by atoms with Crippen molar-refractivity contribution < 1.29 is 13.7 Å². The highest BCUT2D eigenvalue weighted by Gasteiger charge is 2.14. The molecular weight excluding hydrogens is 351 g/mol. The highest BCUT2D eigenvalue weighted by Crippen LogP contribution is 2.38. The van der Waals surface area contributed by atoms with Crippen molar-refractivity contribution >= 4 is 28.2 Å². The number of primary amides is 1. The number of hydrogen-bond donors (Lipinski definition) is 1. The molecule has 2 N–H and O–H groups in total. The second-order valence-corrected chi connectivity index (χ2v) is 7.24. The number of thiophene rings is 1. The lowest BCUT2D eigenvalue weighted by Gasteiger charge is -2.04. The molecule has 26 heavy (non-hydrogen) atoms. The van der Waals surface area contributed by atoms with Crippen molar-refractivity contribution in [1.29, 1.82) is 0 Å². The van der Waals surface area contributed by atoms with Gasteiger partial charge < -0.3 is 10.3 Å². The molecule has 130 valence electrons. The summed E-state index contributed by atoms with van der Waals surface area (Å²) in [6.45, 7) is 3.96. The molecule has 1 amide bonds. The van der Waals surface area contributed by atoms with Gasteiger partial charge in [0.25, 0.3) is 5.91 Å². The van der Waals surface area contributed by atoms with E-state index in [2.05, 4.69) is 11.2 Å². The fraction of sp³-hybridized carbons (Fsp3) is 0.100. The Balaban J connectivity index is 1.76. The van der Waals surface area contributed by atoms with Crippen LogP contribution in [0.4, 0.5) is 4.39 Å². The molecule has 0 bridgehead atoms. The second kappa shape index (κ2) is 6.07. The lowest BCUT2D eigenvalue weighted by atomic mass is 10.0. The Kier molecular flexibility index (Phi) is 3.85. The zero-order valence-corrected chi connectivity index (χ0v) is 15.0. The van der Waals surface area contributed by atoms with Crippen molar-refractivity contribution in [2.45, 2.75) is 13.8 Å². The molecule has 0 unspecified atom stereocenters.